The van der Waals surface area contributed by atoms with Crippen molar-refractivity contribution in [2.24, 2.45) is 5.92 Å². The summed E-state index contributed by atoms with van der Waals surface area (Å²) >= 11 is 6.10. The van der Waals surface area contributed by atoms with Gasteiger partial charge in [-0.3, -0.25) is 10.1 Å². The highest BCUT2D eigenvalue weighted by Crippen LogP contribution is 2.29. The van der Waals surface area contributed by atoms with E-state index in [0.717, 1.165) is 18.9 Å². The molecule has 2 N–H and O–H groups in total. The summed E-state index contributed by atoms with van der Waals surface area (Å²) < 4.78 is 32.4. The van der Waals surface area contributed by atoms with Crippen molar-refractivity contribution in [2.75, 3.05) is 20.1 Å². The van der Waals surface area contributed by atoms with Crippen molar-refractivity contribution in [1.29, 1.82) is 0 Å². The van der Waals surface area contributed by atoms with Gasteiger partial charge in [-0.1, -0.05) is 18.5 Å². The van der Waals surface area contributed by atoms with Crippen molar-refractivity contribution < 1.29 is 27.5 Å². The van der Waals surface area contributed by atoms with E-state index >= 15 is 0 Å². The van der Waals surface area contributed by atoms with Crippen LogP contribution in [0.1, 0.15) is 37.0 Å². The minimum absolute atomic E-state index is 0.00909. The van der Waals surface area contributed by atoms with Crippen LogP contribution in [0.15, 0.2) is 23.1 Å². The number of carbonyl (C=O) groups excluding carboxylic acids is 3. The molecule has 1 heterocycles. The Morgan fingerprint density at radius 2 is 2.00 bits per heavy atom. The van der Waals surface area contributed by atoms with Gasteiger partial charge in [-0.25, -0.2) is 18.0 Å². The number of nitrogens with one attached hydrogen (secondary N) is 2. The number of amides is 3. The summed E-state index contributed by atoms with van der Waals surface area (Å²) in [4.78, 5) is 35.2. The minimum atomic E-state index is -3.88. The fraction of sp³-hybridized carbons (Fsp3) is 0.500. The second-order valence-corrected chi connectivity index (χ2v) is 9.19. The van der Waals surface area contributed by atoms with E-state index in [0.29, 0.717) is 13.1 Å². The molecule has 0 saturated carbocycles. The number of esters is 1. The van der Waals surface area contributed by atoms with E-state index in [4.69, 9.17) is 16.3 Å². The third-order valence-corrected chi connectivity index (χ3v) is 6.87. The molecule has 1 aromatic rings. The summed E-state index contributed by atoms with van der Waals surface area (Å²) in [5.74, 6) is -1.50. The van der Waals surface area contributed by atoms with Crippen LogP contribution < -0.4 is 10.6 Å². The van der Waals surface area contributed by atoms with Crippen molar-refractivity contribution in [2.45, 2.75) is 37.7 Å². The first kappa shape index (κ1) is 23.1. The van der Waals surface area contributed by atoms with Crippen molar-refractivity contribution in [3.8, 4) is 0 Å². The Hall–Kier alpha value is -2.17. The van der Waals surface area contributed by atoms with Gasteiger partial charge in [0.05, 0.1) is 10.6 Å². The van der Waals surface area contributed by atoms with E-state index in [-0.39, 0.29) is 21.4 Å². The molecule has 0 radical (unpaired) electrons. The van der Waals surface area contributed by atoms with Gasteiger partial charge in [0.2, 0.25) is 10.0 Å². The van der Waals surface area contributed by atoms with Crippen LogP contribution in [0.25, 0.3) is 0 Å². The van der Waals surface area contributed by atoms with Gasteiger partial charge >= 0.3 is 12.0 Å². The van der Waals surface area contributed by atoms with E-state index in [9.17, 15) is 22.8 Å². The summed E-state index contributed by atoms with van der Waals surface area (Å²) in [5.41, 5.74) is -0.0716. The third kappa shape index (κ3) is 5.68. The molecule has 160 valence electrons. The quantitative estimate of drug-likeness (QED) is 0.666. The normalized spacial score (nSPS) is 18.6. The first-order valence-electron chi connectivity index (χ1n) is 9.09. The molecule has 1 aromatic carbocycles. The van der Waals surface area contributed by atoms with Crippen LogP contribution >= 0.6 is 11.6 Å². The number of urea groups is 1. The number of piperidine rings is 1. The third-order valence-electron chi connectivity index (χ3n) is 4.52. The zero-order valence-electron chi connectivity index (χ0n) is 16.4. The van der Waals surface area contributed by atoms with E-state index in [1.165, 1.54) is 30.4 Å². The molecule has 29 heavy (non-hydrogen) atoms. The molecule has 9 nitrogen and oxygen atoms in total. The van der Waals surface area contributed by atoms with Crippen LogP contribution in [-0.2, 0) is 19.6 Å². The lowest BCUT2D eigenvalue weighted by Gasteiger charge is -2.30. The molecule has 1 fully saturated rings. The minimum Gasteiger partial charge on any atom is -0.449 e. The van der Waals surface area contributed by atoms with Crippen LogP contribution in [0.2, 0.25) is 5.02 Å². The monoisotopic (exact) mass is 445 g/mol. The molecule has 2 atom stereocenters. The molecule has 0 aromatic heterocycles. The van der Waals surface area contributed by atoms with Gasteiger partial charge in [0.15, 0.2) is 6.10 Å². The number of benzene rings is 1. The number of rotatable bonds is 5. The molecule has 1 aliphatic rings. The lowest BCUT2D eigenvalue weighted by atomic mass is 10.0. The lowest BCUT2D eigenvalue weighted by molar-refractivity contribution is -0.127. The Bertz CT molecular complexity index is 905. The molecule has 1 saturated heterocycles. The molecule has 3 amide bonds. The van der Waals surface area contributed by atoms with Crippen molar-refractivity contribution in [3.05, 3.63) is 28.8 Å². The molecular formula is C18H24ClN3O6S. The fourth-order valence-electron chi connectivity index (χ4n) is 2.89. The summed E-state index contributed by atoms with van der Waals surface area (Å²) in [5, 5.41) is 4.18. The highest BCUT2D eigenvalue weighted by Gasteiger charge is 2.31. The van der Waals surface area contributed by atoms with E-state index in [2.05, 4.69) is 5.32 Å². The van der Waals surface area contributed by atoms with Gasteiger partial charge in [0.1, 0.15) is 4.90 Å². The van der Waals surface area contributed by atoms with Crippen LogP contribution in [-0.4, -0.2) is 56.9 Å². The number of nitrogens with zero attached hydrogens (tertiary/aromatic N) is 1. The van der Waals surface area contributed by atoms with Gasteiger partial charge in [0.25, 0.3) is 5.91 Å². The maximum atomic E-state index is 13.0. The van der Waals surface area contributed by atoms with Gasteiger partial charge in [-0.15, -0.1) is 0 Å². The summed E-state index contributed by atoms with van der Waals surface area (Å²) in [7, 11) is -2.55. The largest absolute Gasteiger partial charge is 0.449 e. The smallest absolute Gasteiger partial charge is 0.338 e. The second-order valence-electron chi connectivity index (χ2n) is 6.87. The average molecular weight is 446 g/mol. The highest BCUT2D eigenvalue weighted by molar-refractivity contribution is 7.89. The first-order chi connectivity index (χ1) is 13.6. The Morgan fingerprint density at radius 1 is 1.31 bits per heavy atom. The molecule has 2 rings (SSSR count). The fourth-order valence-corrected chi connectivity index (χ4v) is 4.99. The molecule has 1 aliphatic heterocycles. The van der Waals surface area contributed by atoms with Crippen molar-refractivity contribution in [1.82, 2.24) is 14.9 Å². The molecular weight excluding hydrogens is 422 g/mol. The van der Waals surface area contributed by atoms with Crippen LogP contribution in [0.5, 0.6) is 0 Å². The Balaban J connectivity index is 2.20. The van der Waals surface area contributed by atoms with Gasteiger partial charge in [-0.05, 0) is 43.9 Å². The Labute approximate surface area is 174 Å². The first-order valence-corrected chi connectivity index (χ1v) is 10.9. The number of hydrogen-bond acceptors (Lipinski definition) is 6. The van der Waals surface area contributed by atoms with E-state index < -0.39 is 34.0 Å². The second kappa shape index (κ2) is 9.55. The number of hydrogen-bond donors (Lipinski definition) is 2. The Kier molecular flexibility index (Phi) is 7.61. The molecule has 0 aliphatic carbocycles. The summed E-state index contributed by atoms with van der Waals surface area (Å²) in [6, 6.07) is 3.01. The van der Waals surface area contributed by atoms with Crippen molar-refractivity contribution >= 4 is 39.5 Å². The lowest BCUT2D eigenvalue weighted by Crippen LogP contribution is -2.43. The number of sulfonamides is 1. The predicted octanol–water partition coefficient (Wildman–Crippen LogP) is 1.76. The van der Waals surface area contributed by atoms with Gasteiger partial charge in [0, 0.05) is 20.1 Å². The van der Waals surface area contributed by atoms with Crippen LogP contribution in [0.4, 0.5) is 4.79 Å². The van der Waals surface area contributed by atoms with Crippen LogP contribution in [0.3, 0.4) is 0 Å². The van der Waals surface area contributed by atoms with Crippen molar-refractivity contribution in [3.63, 3.8) is 0 Å². The number of ether oxygens (including phenoxy) is 1. The van der Waals surface area contributed by atoms with E-state index in [1.807, 2.05) is 12.2 Å². The number of imide groups is 1. The Morgan fingerprint density at radius 3 is 2.62 bits per heavy atom. The molecule has 0 bridgehead atoms. The topological polar surface area (TPSA) is 122 Å². The van der Waals surface area contributed by atoms with Gasteiger partial charge < -0.3 is 10.1 Å². The average Bonchev–Trinajstić information content (AvgIpc) is 2.67. The van der Waals surface area contributed by atoms with Gasteiger partial charge in [-0.2, -0.15) is 4.31 Å². The number of halogens is 1. The molecule has 11 heteroatoms. The standard InChI is InChI=1S/C18H24ClN3O6S/c1-11-5-4-8-22(10-11)29(26,27)15-9-13(6-7-14(15)19)17(24)28-12(2)16(23)21-18(25)20-3/h6-7,9,11-12H,4-5,8,10H2,1-3H3,(H2,20,21,23,25). The zero-order valence-corrected chi connectivity index (χ0v) is 18.0. The molecule has 2 unspecified atom stereocenters. The predicted molar refractivity (Wildman–Crippen MR) is 106 cm³/mol. The zero-order chi connectivity index (χ0) is 21.8. The summed E-state index contributed by atoms with van der Waals surface area (Å²) in [6.07, 6.45) is 0.429. The van der Waals surface area contributed by atoms with Crippen LogP contribution in [0, 0.1) is 5.92 Å². The number of carbonyl (C=O) groups is 3. The molecule has 0 spiro atoms. The SMILES string of the molecule is CNC(=O)NC(=O)C(C)OC(=O)c1ccc(Cl)c(S(=O)(=O)N2CCCC(C)C2)c1. The highest BCUT2D eigenvalue weighted by atomic mass is 35.5. The van der Waals surface area contributed by atoms with E-state index in [1.54, 1.807) is 0 Å². The maximum absolute atomic E-state index is 13.0. The maximum Gasteiger partial charge on any atom is 0.338 e. The summed E-state index contributed by atoms with van der Waals surface area (Å²) in [6.45, 7) is 4.03.